The van der Waals surface area contributed by atoms with Gasteiger partial charge in [0.25, 0.3) is 0 Å². The highest BCUT2D eigenvalue weighted by molar-refractivity contribution is 5.60. The molecular formula is C37H42O8. The summed E-state index contributed by atoms with van der Waals surface area (Å²) in [4.78, 5) is 0. The molecule has 0 radical (unpaired) electrons. The van der Waals surface area contributed by atoms with E-state index in [4.69, 9.17) is 37.9 Å². The summed E-state index contributed by atoms with van der Waals surface area (Å²) < 4.78 is 49.0. The van der Waals surface area contributed by atoms with E-state index in [1.54, 1.807) is 28.4 Å². The second-order valence-corrected chi connectivity index (χ2v) is 10.8. The van der Waals surface area contributed by atoms with Crippen molar-refractivity contribution in [3.63, 3.8) is 0 Å². The Balaban J connectivity index is 1.61. The first kappa shape index (κ1) is 32.0. The zero-order chi connectivity index (χ0) is 31.8. The van der Waals surface area contributed by atoms with Gasteiger partial charge in [-0.25, -0.2) is 0 Å². The minimum Gasteiger partial charge on any atom is -0.493 e. The van der Waals surface area contributed by atoms with Crippen LogP contribution in [-0.4, -0.2) is 41.3 Å². The lowest BCUT2D eigenvalue weighted by Gasteiger charge is -2.35. The molecule has 0 N–H and O–H groups in total. The predicted molar refractivity (Wildman–Crippen MR) is 172 cm³/mol. The van der Waals surface area contributed by atoms with Gasteiger partial charge in [0.15, 0.2) is 29.3 Å². The van der Waals surface area contributed by atoms with Gasteiger partial charge in [0.1, 0.15) is 18.8 Å². The lowest BCUT2D eigenvalue weighted by atomic mass is 9.76. The van der Waals surface area contributed by atoms with Gasteiger partial charge < -0.3 is 37.9 Å². The standard InChI is InChI=1S/C37H42O8/c1-7-42-34-18-25(2)37(45-34,28-19-30(38-3)35(31(20-28)39-4)43-23-26-14-10-8-11-15-26)29-21-32(40-5)36(33(22-29)41-6)44-24-27-16-12-9-13-17-27/h8-17,19-22,25,34H,7,18,23-24H2,1-6H3. The van der Waals surface area contributed by atoms with E-state index in [-0.39, 0.29) is 5.92 Å². The van der Waals surface area contributed by atoms with Crippen molar-refractivity contribution in [2.45, 2.75) is 45.4 Å². The van der Waals surface area contributed by atoms with Crippen molar-refractivity contribution in [1.29, 1.82) is 0 Å². The van der Waals surface area contributed by atoms with Crippen LogP contribution in [-0.2, 0) is 28.3 Å². The van der Waals surface area contributed by atoms with E-state index in [0.717, 1.165) is 22.3 Å². The first-order valence-corrected chi connectivity index (χ1v) is 15.1. The van der Waals surface area contributed by atoms with Crippen molar-refractivity contribution < 1.29 is 37.9 Å². The van der Waals surface area contributed by atoms with E-state index >= 15 is 0 Å². The van der Waals surface area contributed by atoms with Crippen LogP contribution in [0.1, 0.15) is 42.5 Å². The Morgan fingerprint density at radius 2 is 1.04 bits per heavy atom. The van der Waals surface area contributed by atoms with Gasteiger partial charge in [-0.2, -0.15) is 0 Å². The number of ether oxygens (including phenoxy) is 8. The molecule has 2 atom stereocenters. The molecule has 1 aliphatic rings. The van der Waals surface area contributed by atoms with Crippen molar-refractivity contribution in [2.24, 2.45) is 5.92 Å². The van der Waals surface area contributed by atoms with Gasteiger partial charge in [-0.1, -0.05) is 67.6 Å². The lowest BCUT2D eigenvalue weighted by Crippen LogP contribution is -2.34. The van der Waals surface area contributed by atoms with Crippen LogP contribution in [0.25, 0.3) is 0 Å². The molecule has 0 spiro atoms. The summed E-state index contributed by atoms with van der Waals surface area (Å²) in [6, 6.07) is 27.7. The summed E-state index contributed by atoms with van der Waals surface area (Å²) in [7, 11) is 6.47. The second kappa shape index (κ2) is 14.6. The van der Waals surface area contributed by atoms with Gasteiger partial charge in [-0.3, -0.25) is 0 Å². The molecule has 8 nitrogen and oxygen atoms in total. The fourth-order valence-corrected chi connectivity index (χ4v) is 5.92. The van der Waals surface area contributed by atoms with Gasteiger partial charge in [-0.15, -0.1) is 0 Å². The molecule has 0 saturated carbocycles. The molecule has 0 amide bonds. The van der Waals surface area contributed by atoms with Crippen LogP contribution in [0.2, 0.25) is 0 Å². The maximum Gasteiger partial charge on any atom is 0.203 e. The third-order valence-corrected chi connectivity index (χ3v) is 8.14. The summed E-state index contributed by atoms with van der Waals surface area (Å²) in [6.45, 7) is 5.35. The van der Waals surface area contributed by atoms with Gasteiger partial charge in [0.05, 0.1) is 28.4 Å². The average molecular weight is 615 g/mol. The Morgan fingerprint density at radius 3 is 1.40 bits per heavy atom. The molecule has 1 aliphatic heterocycles. The molecule has 238 valence electrons. The second-order valence-electron chi connectivity index (χ2n) is 10.8. The van der Waals surface area contributed by atoms with Crippen LogP contribution in [0.3, 0.4) is 0 Å². The Hall–Kier alpha value is -4.40. The van der Waals surface area contributed by atoms with Gasteiger partial charge >= 0.3 is 0 Å². The first-order valence-electron chi connectivity index (χ1n) is 15.1. The maximum absolute atomic E-state index is 6.88. The van der Waals surface area contributed by atoms with Crippen molar-refractivity contribution in [2.75, 3.05) is 35.0 Å². The van der Waals surface area contributed by atoms with Crippen molar-refractivity contribution in [1.82, 2.24) is 0 Å². The minimum absolute atomic E-state index is 0.0231. The minimum atomic E-state index is -0.975. The normalized spacial score (nSPS) is 17.0. The fourth-order valence-electron chi connectivity index (χ4n) is 5.92. The number of benzene rings is 4. The van der Waals surface area contributed by atoms with E-state index in [0.29, 0.717) is 60.7 Å². The summed E-state index contributed by atoms with van der Waals surface area (Å²) in [5, 5.41) is 0. The van der Waals surface area contributed by atoms with Gasteiger partial charge in [0, 0.05) is 13.0 Å². The molecule has 4 aromatic carbocycles. The molecule has 45 heavy (non-hydrogen) atoms. The summed E-state index contributed by atoms with van der Waals surface area (Å²) in [5.41, 5.74) is 2.73. The van der Waals surface area contributed by atoms with Crippen LogP contribution < -0.4 is 28.4 Å². The van der Waals surface area contributed by atoms with Crippen LogP contribution in [0.5, 0.6) is 34.5 Å². The highest BCUT2D eigenvalue weighted by atomic mass is 16.7. The largest absolute Gasteiger partial charge is 0.493 e. The topological polar surface area (TPSA) is 73.8 Å². The molecule has 1 fully saturated rings. The molecule has 5 rings (SSSR count). The Morgan fingerprint density at radius 1 is 0.644 bits per heavy atom. The maximum atomic E-state index is 6.88. The number of methoxy groups -OCH3 is 4. The van der Waals surface area contributed by atoms with Gasteiger partial charge in [-0.05, 0) is 59.4 Å². The molecule has 0 aliphatic carbocycles. The summed E-state index contributed by atoms with van der Waals surface area (Å²) in [6.07, 6.45) is 0.240. The molecule has 0 bridgehead atoms. The van der Waals surface area contributed by atoms with Gasteiger partial charge in [0.2, 0.25) is 11.5 Å². The molecule has 0 aromatic heterocycles. The molecule has 4 aromatic rings. The van der Waals surface area contributed by atoms with E-state index < -0.39 is 11.9 Å². The molecule has 2 unspecified atom stereocenters. The van der Waals surface area contributed by atoms with E-state index in [2.05, 4.69) is 6.92 Å². The van der Waals surface area contributed by atoms with E-state index in [9.17, 15) is 0 Å². The average Bonchev–Trinajstić information content (AvgIpc) is 3.42. The molecular weight excluding hydrogens is 572 g/mol. The summed E-state index contributed by atoms with van der Waals surface area (Å²) in [5.74, 6) is 3.09. The Kier molecular flexibility index (Phi) is 10.4. The van der Waals surface area contributed by atoms with Crippen LogP contribution in [0, 0.1) is 5.92 Å². The third kappa shape index (κ3) is 6.67. The zero-order valence-corrected chi connectivity index (χ0v) is 26.8. The van der Waals surface area contributed by atoms with Crippen LogP contribution >= 0.6 is 0 Å². The Bertz CT molecular complexity index is 1390. The number of hydrogen-bond donors (Lipinski definition) is 0. The Labute approximate surface area is 265 Å². The van der Waals surface area contributed by atoms with Crippen LogP contribution in [0.15, 0.2) is 84.9 Å². The highest BCUT2D eigenvalue weighted by Gasteiger charge is 2.51. The smallest absolute Gasteiger partial charge is 0.203 e. The van der Waals surface area contributed by atoms with Crippen molar-refractivity contribution >= 4 is 0 Å². The quantitative estimate of drug-likeness (QED) is 0.144. The number of hydrogen-bond acceptors (Lipinski definition) is 8. The predicted octanol–water partition coefficient (Wildman–Crippen LogP) is 7.54. The van der Waals surface area contributed by atoms with Crippen molar-refractivity contribution in [3.05, 3.63) is 107 Å². The molecule has 8 heteroatoms. The molecule has 1 heterocycles. The fraction of sp³-hybridized carbons (Fsp3) is 0.351. The first-order chi connectivity index (χ1) is 22.0. The number of rotatable bonds is 14. The third-order valence-electron chi connectivity index (χ3n) is 8.14. The highest BCUT2D eigenvalue weighted by Crippen LogP contribution is 2.55. The summed E-state index contributed by atoms with van der Waals surface area (Å²) >= 11 is 0. The monoisotopic (exact) mass is 614 g/mol. The van der Waals surface area contributed by atoms with Crippen molar-refractivity contribution in [3.8, 4) is 34.5 Å². The van der Waals surface area contributed by atoms with Crippen LogP contribution in [0.4, 0.5) is 0 Å². The van der Waals surface area contributed by atoms with E-state index in [1.807, 2.05) is 91.9 Å². The SMILES string of the molecule is CCOC1CC(C)C(c2cc(OC)c(OCc3ccccc3)c(OC)c2)(c2cc(OC)c(OCc3ccccc3)c(OC)c2)O1. The molecule has 1 saturated heterocycles. The lowest BCUT2D eigenvalue weighted by molar-refractivity contribution is -0.159. The zero-order valence-electron chi connectivity index (χ0n) is 26.8. The van der Waals surface area contributed by atoms with E-state index in [1.165, 1.54) is 0 Å².